The molecule has 0 aromatic carbocycles. The number of carbonyl (C=O) groups is 2. The van der Waals surface area contributed by atoms with Crippen LogP contribution in [-0.4, -0.2) is 70.0 Å². The van der Waals surface area contributed by atoms with Crippen molar-refractivity contribution >= 4 is 12.2 Å². The van der Waals surface area contributed by atoms with Gasteiger partial charge >= 0.3 is 12.2 Å². The minimum Gasteiger partial charge on any atom is -0.465 e. The molecule has 2 fully saturated rings. The summed E-state index contributed by atoms with van der Waals surface area (Å²) in [4.78, 5) is 24.5. The number of nitrogens with zero attached hydrogens (tertiary/aromatic N) is 2. The van der Waals surface area contributed by atoms with Crippen molar-refractivity contribution in [2.24, 2.45) is 0 Å². The SMILES string of the molecule is C[C@@H]1CNCC2(CN(C(=O)O)C2)N1C(=O)O. The molecule has 0 radical (unpaired) electrons. The molecule has 2 aliphatic heterocycles. The molecule has 7 heteroatoms. The Morgan fingerprint density at radius 2 is 1.94 bits per heavy atom. The zero-order valence-electron chi connectivity index (χ0n) is 9.01. The van der Waals surface area contributed by atoms with Crippen molar-refractivity contribution in [2.45, 2.75) is 18.5 Å². The van der Waals surface area contributed by atoms with E-state index in [0.717, 1.165) is 0 Å². The molecule has 0 unspecified atom stereocenters. The summed E-state index contributed by atoms with van der Waals surface area (Å²) in [5.74, 6) is 0. The second-order valence-electron chi connectivity index (χ2n) is 4.50. The number of hydrogen-bond donors (Lipinski definition) is 3. The van der Waals surface area contributed by atoms with Gasteiger partial charge in [0.1, 0.15) is 0 Å². The standard InChI is InChI=1S/C9H15N3O4/c1-6-2-10-3-9(12(6)8(15)16)4-11(5-9)7(13)14/h6,10H,2-5H2,1H3,(H,13,14)(H,15,16)/t6-/m1/s1. The molecule has 1 spiro atoms. The van der Waals surface area contributed by atoms with Crippen LogP contribution in [0.1, 0.15) is 6.92 Å². The first kappa shape index (κ1) is 11.0. The Labute approximate surface area is 92.6 Å². The molecule has 7 nitrogen and oxygen atoms in total. The predicted molar refractivity (Wildman–Crippen MR) is 54.5 cm³/mol. The fourth-order valence-corrected chi connectivity index (χ4v) is 2.61. The van der Waals surface area contributed by atoms with Gasteiger partial charge in [0.2, 0.25) is 0 Å². The van der Waals surface area contributed by atoms with Gasteiger partial charge < -0.3 is 20.4 Å². The maximum atomic E-state index is 11.2. The topological polar surface area (TPSA) is 93.1 Å². The van der Waals surface area contributed by atoms with Crippen molar-refractivity contribution in [1.82, 2.24) is 15.1 Å². The Hall–Kier alpha value is -1.50. The van der Waals surface area contributed by atoms with Crippen LogP contribution in [0.5, 0.6) is 0 Å². The number of nitrogens with one attached hydrogen (secondary N) is 1. The highest BCUT2D eigenvalue weighted by Crippen LogP contribution is 2.31. The van der Waals surface area contributed by atoms with Gasteiger partial charge in [0.05, 0.1) is 18.6 Å². The fourth-order valence-electron chi connectivity index (χ4n) is 2.61. The summed E-state index contributed by atoms with van der Waals surface area (Å²) in [5.41, 5.74) is -0.568. The number of likely N-dealkylation sites (tertiary alicyclic amines) is 1. The number of amides is 2. The number of hydrogen-bond acceptors (Lipinski definition) is 3. The van der Waals surface area contributed by atoms with Crippen LogP contribution in [0, 0.1) is 0 Å². The minimum atomic E-state index is -0.991. The molecule has 2 amide bonds. The molecule has 0 aliphatic carbocycles. The lowest BCUT2D eigenvalue weighted by Crippen LogP contribution is -2.79. The molecule has 2 rings (SSSR count). The zero-order valence-corrected chi connectivity index (χ0v) is 9.01. The maximum absolute atomic E-state index is 11.2. The smallest absolute Gasteiger partial charge is 0.408 e. The molecule has 0 bridgehead atoms. The lowest BCUT2D eigenvalue weighted by Gasteiger charge is -2.57. The lowest BCUT2D eigenvalue weighted by molar-refractivity contribution is -0.0619. The third kappa shape index (κ3) is 1.47. The highest BCUT2D eigenvalue weighted by molar-refractivity contribution is 5.71. The molecule has 2 heterocycles. The van der Waals surface area contributed by atoms with E-state index in [2.05, 4.69) is 5.32 Å². The molecular weight excluding hydrogens is 214 g/mol. The Kier molecular flexibility index (Phi) is 2.42. The van der Waals surface area contributed by atoms with E-state index in [1.807, 2.05) is 6.92 Å². The van der Waals surface area contributed by atoms with Crippen LogP contribution >= 0.6 is 0 Å². The van der Waals surface area contributed by atoms with Gasteiger partial charge in [-0.3, -0.25) is 4.90 Å². The van der Waals surface area contributed by atoms with Crippen molar-refractivity contribution in [1.29, 1.82) is 0 Å². The molecular formula is C9H15N3O4. The maximum Gasteiger partial charge on any atom is 0.408 e. The summed E-state index contributed by atoms with van der Waals surface area (Å²) in [5, 5.41) is 21.1. The van der Waals surface area contributed by atoms with Gasteiger partial charge in [0.25, 0.3) is 0 Å². The molecule has 90 valence electrons. The quantitative estimate of drug-likeness (QED) is 0.530. The summed E-state index contributed by atoms with van der Waals surface area (Å²) in [6.07, 6.45) is -1.96. The molecule has 3 N–H and O–H groups in total. The van der Waals surface area contributed by atoms with Crippen LogP contribution in [0.4, 0.5) is 9.59 Å². The van der Waals surface area contributed by atoms with Crippen LogP contribution in [0.25, 0.3) is 0 Å². The average Bonchev–Trinajstić information content (AvgIpc) is 2.12. The van der Waals surface area contributed by atoms with Crippen LogP contribution < -0.4 is 5.32 Å². The lowest BCUT2D eigenvalue weighted by atomic mass is 9.85. The van der Waals surface area contributed by atoms with Crippen LogP contribution in [-0.2, 0) is 0 Å². The van der Waals surface area contributed by atoms with Crippen molar-refractivity contribution in [3.8, 4) is 0 Å². The van der Waals surface area contributed by atoms with Crippen molar-refractivity contribution < 1.29 is 19.8 Å². The fraction of sp³-hybridized carbons (Fsp3) is 0.778. The summed E-state index contributed by atoms with van der Waals surface area (Å²) >= 11 is 0. The molecule has 0 aromatic rings. The van der Waals surface area contributed by atoms with Gasteiger partial charge in [-0.05, 0) is 6.92 Å². The predicted octanol–water partition coefficient (Wildman–Crippen LogP) is -0.309. The van der Waals surface area contributed by atoms with Gasteiger partial charge in [0, 0.05) is 19.1 Å². The highest BCUT2D eigenvalue weighted by atomic mass is 16.4. The first-order chi connectivity index (χ1) is 7.46. The number of piperazine rings is 1. The van der Waals surface area contributed by atoms with Crippen molar-refractivity contribution in [3.63, 3.8) is 0 Å². The Morgan fingerprint density at radius 1 is 1.31 bits per heavy atom. The van der Waals surface area contributed by atoms with E-state index < -0.39 is 17.7 Å². The minimum absolute atomic E-state index is 0.123. The third-order valence-corrected chi connectivity index (χ3v) is 3.29. The Balaban J connectivity index is 2.14. The van der Waals surface area contributed by atoms with Gasteiger partial charge in [0.15, 0.2) is 0 Å². The van der Waals surface area contributed by atoms with E-state index in [9.17, 15) is 9.59 Å². The van der Waals surface area contributed by atoms with Gasteiger partial charge in [-0.15, -0.1) is 0 Å². The summed E-state index contributed by atoms with van der Waals surface area (Å²) in [6.45, 7) is 3.47. The summed E-state index contributed by atoms with van der Waals surface area (Å²) in [6, 6.07) is -0.123. The highest BCUT2D eigenvalue weighted by Gasteiger charge is 2.54. The van der Waals surface area contributed by atoms with Crippen LogP contribution in [0.3, 0.4) is 0 Å². The summed E-state index contributed by atoms with van der Waals surface area (Å²) < 4.78 is 0. The molecule has 2 saturated heterocycles. The Bertz CT molecular complexity index is 327. The average molecular weight is 229 g/mol. The van der Waals surface area contributed by atoms with E-state index in [-0.39, 0.29) is 19.1 Å². The number of carboxylic acid groups (broad SMARTS) is 2. The Morgan fingerprint density at radius 3 is 2.44 bits per heavy atom. The molecule has 0 saturated carbocycles. The van der Waals surface area contributed by atoms with E-state index in [1.54, 1.807) is 0 Å². The molecule has 16 heavy (non-hydrogen) atoms. The molecule has 0 aromatic heterocycles. The van der Waals surface area contributed by atoms with Crippen LogP contribution in [0.2, 0.25) is 0 Å². The second kappa shape index (κ2) is 3.51. The first-order valence-corrected chi connectivity index (χ1v) is 5.17. The molecule has 2 aliphatic rings. The first-order valence-electron chi connectivity index (χ1n) is 5.17. The third-order valence-electron chi connectivity index (χ3n) is 3.29. The van der Waals surface area contributed by atoms with Gasteiger partial charge in [-0.1, -0.05) is 0 Å². The monoisotopic (exact) mass is 229 g/mol. The number of rotatable bonds is 0. The van der Waals surface area contributed by atoms with Gasteiger partial charge in [-0.2, -0.15) is 0 Å². The van der Waals surface area contributed by atoms with Crippen molar-refractivity contribution in [2.75, 3.05) is 26.2 Å². The zero-order chi connectivity index (χ0) is 11.9. The molecule has 1 atom stereocenters. The normalized spacial score (nSPS) is 27.7. The van der Waals surface area contributed by atoms with Crippen LogP contribution in [0.15, 0.2) is 0 Å². The van der Waals surface area contributed by atoms with E-state index >= 15 is 0 Å². The van der Waals surface area contributed by atoms with Gasteiger partial charge in [-0.25, -0.2) is 9.59 Å². The van der Waals surface area contributed by atoms with Crippen molar-refractivity contribution in [3.05, 3.63) is 0 Å². The van der Waals surface area contributed by atoms with E-state index in [4.69, 9.17) is 10.2 Å². The summed E-state index contributed by atoms with van der Waals surface area (Å²) in [7, 11) is 0. The largest absolute Gasteiger partial charge is 0.465 e. The second-order valence-corrected chi connectivity index (χ2v) is 4.50. The van der Waals surface area contributed by atoms with E-state index in [1.165, 1.54) is 9.80 Å². The van der Waals surface area contributed by atoms with E-state index in [0.29, 0.717) is 13.1 Å².